The molecule has 0 aliphatic rings. The van der Waals surface area contributed by atoms with Crippen molar-refractivity contribution in [2.24, 2.45) is 0 Å². The van der Waals surface area contributed by atoms with Crippen LogP contribution in [-0.4, -0.2) is 9.28 Å². The molecule has 9 heavy (non-hydrogen) atoms. The predicted octanol–water partition coefficient (Wildman–Crippen LogP) is 1.55. The van der Waals surface area contributed by atoms with Gasteiger partial charge in [-0.3, -0.25) is 0 Å². The van der Waals surface area contributed by atoms with Gasteiger partial charge in [0, 0.05) is 6.04 Å². The molecule has 0 atom stereocenters. The predicted molar refractivity (Wildman–Crippen MR) is 40.2 cm³/mol. The average molecular weight is 144 g/mol. The summed E-state index contributed by atoms with van der Waals surface area (Å²) in [6.07, 6.45) is 2.84. The van der Waals surface area contributed by atoms with Gasteiger partial charge in [0.15, 0.2) is 0 Å². The van der Waals surface area contributed by atoms with E-state index in [0.29, 0.717) is 0 Å². The second-order valence-corrected chi connectivity index (χ2v) is 3.66. The molecule has 0 aliphatic carbocycles. The second kappa shape index (κ2) is 5.43. The Morgan fingerprint density at radius 2 is 1.78 bits per heavy atom. The van der Waals surface area contributed by atoms with Crippen molar-refractivity contribution >= 4 is 9.28 Å². The third kappa shape index (κ3) is 3.85. The monoisotopic (exact) mass is 144 g/mol. The molecule has 0 N–H and O–H groups in total. The van der Waals surface area contributed by atoms with Gasteiger partial charge in [0.1, 0.15) is 0 Å². The SMILES string of the molecule is C=CO[SiH](CC)OC=C. The van der Waals surface area contributed by atoms with Gasteiger partial charge < -0.3 is 8.85 Å². The molecule has 0 spiro atoms. The van der Waals surface area contributed by atoms with Crippen molar-refractivity contribution in [3.63, 3.8) is 0 Å². The molecule has 0 heterocycles. The first-order valence-electron chi connectivity index (χ1n) is 2.87. The molecule has 3 heteroatoms. The van der Waals surface area contributed by atoms with E-state index in [1.807, 2.05) is 6.92 Å². The topological polar surface area (TPSA) is 18.5 Å². The maximum absolute atomic E-state index is 5.04. The molecule has 0 fully saturated rings. The first-order chi connectivity index (χ1) is 4.35. The van der Waals surface area contributed by atoms with Crippen LogP contribution in [0.1, 0.15) is 6.92 Å². The van der Waals surface area contributed by atoms with Gasteiger partial charge in [-0.1, -0.05) is 20.1 Å². The fourth-order valence-corrected chi connectivity index (χ4v) is 1.32. The summed E-state index contributed by atoms with van der Waals surface area (Å²) in [7, 11) is -1.45. The Kier molecular flexibility index (Phi) is 5.01. The molecular formula is C6H12O2Si. The minimum absolute atomic E-state index is 0.929. The summed E-state index contributed by atoms with van der Waals surface area (Å²) >= 11 is 0. The molecule has 0 aromatic carbocycles. The van der Waals surface area contributed by atoms with Crippen LogP contribution in [0.4, 0.5) is 0 Å². The normalized spacial score (nSPS) is 8.67. The number of hydrogen-bond acceptors (Lipinski definition) is 2. The highest BCUT2D eigenvalue weighted by Crippen LogP contribution is 1.95. The van der Waals surface area contributed by atoms with Crippen LogP contribution >= 0.6 is 0 Å². The molecule has 0 saturated heterocycles. The van der Waals surface area contributed by atoms with E-state index in [1.54, 1.807) is 0 Å². The molecule has 0 saturated carbocycles. The van der Waals surface area contributed by atoms with Crippen molar-refractivity contribution in [1.82, 2.24) is 0 Å². The van der Waals surface area contributed by atoms with Crippen LogP contribution in [0.2, 0.25) is 6.04 Å². The van der Waals surface area contributed by atoms with Crippen LogP contribution in [0, 0.1) is 0 Å². The van der Waals surface area contributed by atoms with Crippen molar-refractivity contribution in [3.05, 3.63) is 25.7 Å². The quantitative estimate of drug-likeness (QED) is 0.430. The summed E-state index contributed by atoms with van der Waals surface area (Å²) in [6, 6.07) is 0.929. The Hall–Kier alpha value is -0.703. The van der Waals surface area contributed by atoms with Crippen LogP contribution in [0.3, 0.4) is 0 Å². The number of rotatable bonds is 5. The molecule has 0 aromatic rings. The van der Waals surface area contributed by atoms with E-state index in [9.17, 15) is 0 Å². The Morgan fingerprint density at radius 1 is 1.33 bits per heavy atom. The van der Waals surface area contributed by atoms with Crippen molar-refractivity contribution in [1.29, 1.82) is 0 Å². The van der Waals surface area contributed by atoms with Crippen LogP contribution in [-0.2, 0) is 8.85 Å². The van der Waals surface area contributed by atoms with Gasteiger partial charge in [0.25, 0.3) is 0 Å². The zero-order valence-corrected chi connectivity index (χ0v) is 6.82. The molecular weight excluding hydrogens is 132 g/mol. The third-order valence-corrected chi connectivity index (χ3v) is 2.49. The van der Waals surface area contributed by atoms with E-state index in [4.69, 9.17) is 8.85 Å². The lowest BCUT2D eigenvalue weighted by atomic mass is 11.0. The first kappa shape index (κ1) is 8.30. The minimum atomic E-state index is -1.45. The fraction of sp³-hybridized carbons (Fsp3) is 0.333. The van der Waals surface area contributed by atoms with Crippen molar-refractivity contribution in [2.75, 3.05) is 0 Å². The van der Waals surface area contributed by atoms with Crippen LogP contribution in [0.5, 0.6) is 0 Å². The van der Waals surface area contributed by atoms with Crippen LogP contribution in [0.25, 0.3) is 0 Å². The summed E-state index contributed by atoms with van der Waals surface area (Å²) < 4.78 is 10.1. The van der Waals surface area contributed by atoms with Gasteiger partial charge in [-0.05, 0) is 0 Å². The summed E-state index contributed by atoms with van der Waals surface area (Å²) in [6.45, 7) is 8.88. The van der Waals surface area contributed by atoms with Gasteiger partial charge in [-0.25, -0.2) is 0 Å². The summed E-state index contributed by atoms with van der Waals surface area (Å²) in [5.74, 6) is 0. The Morgan fingerprint density at radius 3 is 2.00 bits per heavy atom. The summed E-state index contributed by atoms with van der Waals surface area (Å²) in [5.41, 5.74) is 0. The van der Waals surface area contributed by atoms with Crippen LogP contribution in [0.15, 0.2) is 25.7 Å². The van der Waals surface area contributed by atoms with E-state index >= 15 is 0 Å². The molecule has 0 unspecified atom stereocenters. The molecule has 2 nitrogen and oxygen atoms in total. The van der Waals surface area contributed by atoms with Gasteiger partial charge >= 0.3 is 9.28 Å². The van der Waals surface area contributed by atoms with Crippen molar-refractivity contribution in [2.45, 2.75) is 13.0 Å². The van der Waals surface area contributed by atoms with E-state index < -0.39 is 9.28 Å². The highest BCUT2D eigenvalue weighted by molar-refractivity contribution is 6.44. The molecule has 0 bridgehead atoms. The standard InChI is InChI=1S/C6H12O2Si/c1-4-7-9(6-3)8-5-2/h4-5,9H,1-2,6H2,3H3. The van der Waals surface area contributed by atoms with Gasteiger partial charge in [-0.2, -0.15) is 0 Å². The zero-order chi connectivity index (χ0) is 7.11. The molecule has 0 aliphatic heterocycles. The van der Waals surface area contributed by atoms with Crippen molar-refractivity contribution in [3.8, 4) is 0 Å². The molecule has 0 radical (unpaired) electrons. The van der Waals surface area contributed by atoms with E-state index in [-0.39, 0.29) is 0 Å². The number of hydrogen-bond donors (Lipinski definition) is 0. The highest BCUT2D eigenvalue weighted by Gasteiger charge is 2.07. The maximum Gasteiger partial charge on any atom is 0.443 e. The Labute approximate surface area is 57.6 Å². The first-order valence-corrected chi connectivity index (χ1v) is 4.63. The smallest absolute Gasteiger partial charge is 0.443 e. The largest absolute Gasteiger partial charge is 0.521 e. The Balaban J connectivity index is 3.39. The summed E-state index contributed by atoms with van der Waals surface area (Å²) in [5, 5.41) is 0. The summed E-state index contributed by atoms with van der Waals surface area (Å²) in [4.78, 5) is 0. The third-order valence-electron chi connectivity index (χ3n) is 0.829. The van der Waals surface area contributed by atoms with E-state index in [0.717, 1.165) is 6.04 Å². The molecule has 0 aromatic heterocycles. The maximum atomic E-state index is 5.04. The lowest BCUT2D eigenvalue weighted by Crippen LogP contribution is -2.15. The average Bonchev–Trinajstić information content (AvgIpc) is 1.88. The molecule has 0 rings (SSSR count). The fourth-order valence-electron chi connectivity index (χ4n) is 0.439. The van der Waals surface area contributed by atoms with E-state index in [1.165, 1.54) is 12.5 Å². The lowest BCUT2D eigenvalue weighted by molar-refractivity contribution is 0.344. The van der Waals surface area contributed by atoms with Gasteiger partial charge in [0.05, 0.1) is 12.5 Å². The lowest BCUT2D eigenvalue weighted by Gasteiger charge is -2.09. The van der Waals surface area contributed by atoms with Crippen molar-refractivity contribution < 1.29 is 8.85 Å². The highest BCUT2D eigenvalue weighted by atomic mass is 28.3. The molecule has 52 valence electrons. The zero-order valence-electron chi connectivity index (χ0n) is 5.67. The minimum Gasteiger partial charge on any atom is -0.521 e. The van der Waals surface area contributed by atoms with E-state index in [2.05, 4.69) is 13.2 Å². The van der Waals surface area contributed by atoms with Gasteiger partial charge in [0.2, 0.25) is 0 Å². The van der Waals surface area contributed by atoms with Crippen LogP contribution < -0.4 is 0 Å². The second-order valence-electron chi connectivity index (χ2n) is 1.44. The van der Waals surface area contributed by atoms with Gasteiger partial charge in [-0.15, -0.1) is 0 Å². The molecule has 0 amide bonds. The Bertz CT molecular complexity index is 83.1.